The number of para-hydroxylation sites is 2. The molecule has 3 aromatic heterocycles. The number of pyridine rings is 1. The average molecular weight is 1070 g/mol. The number of rotatable bonds is 9. The van der Waals surface area contributed by atoms with Crippen molar-refractivity contribution >= 4 is 29.5 Å². The summed E-state index contributed by atoms with van der Waals surface area (Å²) in [5, 5.41) is 5.24. The van der Waals surface area contributed by atoms with E-state index in [4.69, 9.17) is 23.0 Å². The van der Waals surface area contributed by atoms with Gasteiger partial charge in [0.25, 0.3) is 0 Å². The molecule has 0 saturated heterocycles. The number of hydrogen-bond acceptors (Lipinski definition) is 4. The Morgan fingerprint density at radius 3 is 1.97 bits per heavy atom. The number of anilines is 2. The van der Waals surface area contributed by atoms with Crippen molar-refractivity contribution in [2.45, 2.75) is 79.5 Å². The molecule has 67 heavy (non-hydrogen) atoms. The fourth-order valence-corrected chi connectivity index (χ4v) is 9.75. The molecule has 338 valence electrons. The van der Waals surface area contributed by atoms with Gasteiger partial charge < -0.3 is 0 Å². The maximum absolute atomic E-state index is 9.31. The summed E-state index contributed by atoms with van der Waals surface area (Å²) in [6.07, 6.45) is 2.60. The van der Waals surface area contributed by atoms with E-state index in [9.17, 15) is 5.48 Å². The first-order chi connectivity index (χ1) is 36.3. The zero-order valence-corrected chi connectivity index (χ0v) is 41.2. The molecule has 6 aromatic carbocycles. The summed E-state index contributed by atoms with van der Waals surface area (Å²) >= 11 is 2.18. The molecular weight excluding hydrogens is 1000 g/mol. The van der Waals surface area contributed by atoms with Crippen LogP contribution in [0.1, 0.15) is 85.9 Å². The van der Waals surface area contributed by atoms with E-state index in [1.807, 2.05) is 96.8 Å². The molecule has 0 radical (unpaired) electrons. The molecular formula is C58H55BN6OPt-2. The van der Waals surface area contributed by atoms with Crippen molar-refractivity contribution in [1.82, 2.24) is 23.8 Å². The number of aromatic nitrogens is 5. The molecule has 4 heterocycles. The molecule has 0 saturated carbocycles. The van der Waals surface area contributed by atoms with Gasteiger partial charge in [0.15, 0.2) is 0 Å². The number of imidazole rings is 1. The number of hydrogen-bond donors (Lipinski definition) is 0. The second-order valence-electron chi connectivity index (χ2n) is 19.4. The fourth-order valence-electron chi connectivity index (χ4n) is 8.67. The van der Waals surface area contributed by atoms with Crippen LogP contribution in [0.15, 0.2) is 152 Å². The van der Waals surface area contributed by atoms with E-state index in [2.05, 4.69) is 94.6 Å². The first kappa shape index (κ1) is 33.9. The number of nitrogens with zero attached hydrogens (tertiary/aromatic N) is 6. The van der Waals surface area contributed by atoms with Gasteiger partial charge in [-0.05, 0) is 24.5 Å². The predicted octanol–water partition coefficient (Wildman–Crippen LogP) is 14.5. The van der Waals surface area contributed by atoms with E-state index in [0.717, 1.165) is 40.3 Å². The molecule has 1 aliphatic rings. The van der Waals surface area contributed by atoms with Gasteiger partial charge in [-0.1, -0.05) is 34.6 Å². The van der Waals surface area contributed by atoms with Gasteiger partial charge in [0, 0.05) is 11.6 Å². The summed E-state index contributed by atoms with van der Waals surface area (Å²) in [7, 11) is 0. The molecule has 7 nitrogen and oxygen atoms in total. The molecule has 10 rings (SSSR count). The molecule has 0 N–H and O–H groups in total. The molecule has 0 spiro atoms. The van der Waals surface area contributed by atoms with Crippen LogP contribution in [0.25, 0.3) is 55.9 Å². The van der Waals surface area contributed by atoms with Gasteiger partial charge in [0.1, 0.15) is 0 Å². The number of benzene rings is 6. The Hall–Kier alpha value is -6.50. The normalized spacial score (nSPS) is 14.9. The van der Waals surface area contributed by atoms with Gasteiger partial charge in [-0.2, -0.15) is 5.10 Å². The van der Waals surface area contributed by atoms with Crippen molar-refractivity contribution in [2.24, 2.45) is 5.92 Å². The van der Waals surface area contributed by atoms with Gasteiger partial charge in [0.2, 0.25) is 0 Å². The van der Waals surface area contributed by atoms with Crippen LogP contribution in [0.3, 0.4) is 0 Å². The van der Waals surface area contributed by atoms with E-state index < -0.39 is 65.8 Å². The van der Waals surface area contributed by atoms with E-state index in [-0.39, 0.29) is 40.3 Å². The predicted molar refractivity (Wildman–Crippen MR) is 271 cm³/mol. The number of aryl methyl sites for hydroxylation is 1. The van der Waals surface area contributed by atoms with Crippen molar-refractivity contribution in [3.63, 3.8) is 0 Å². The van der Waals surface area contributed by atoms with Crippen LogP contribution >= 0.6 is 0 Å². The van der Waals surface area contributed by atoms with Gasteiger partial charge in [-0.25, -0.2) is 0 Å². The summed E-state index contributed by atoms with van der Waals surface area (Å²) in [6, 6.07) is 28.8. The molecule has 0 atom stereocenters. The summed E-state index contributed by atoms with van der Waals surface area (Å²) in [5.41, 5.74) is 6.80. The monoisotopic (exact) mass is 1070 g/mol. The minimum absolute atomic E-state index is 0.110. The first-order valence-electron chi connectivity index (χ1n) is 27.4. The van der Waals surface area contributed by atoms with Crippen LogP contribution in [-0.2, 0) is 30.2 Å². The zero-order chi connectivity index (χ0) is 55.5. The molecule has 0 bridgehead atoms. The molecule has 9 aromatic rings. The molecule has 9 heteroatoms. The Bertz CT molecular complexity index is 3820. The van der Waals surface area contributed by atoms with Crippen LogP contribution in [0.2, 0.25) is 6.32 Å². The average Bonchev–Trinajstić information content (AvgIpc) is 4.00. The Balaban J connectivity index is 1.19. The van der Waals surface area contributed by atoms with Crippen molar-refractivity contribution in [1.29, 1.82) is 0 Å². The van der Waals surface area contributed by atoms with Crippen LogP contribution in [0, 0.1) is 28.8 Å². The van der Waals surface area contributed by atoms with E-state index in [0.29, 0.717) is 43.5 Å². The third-order valence-electron chi connectivity index (χ3n) is 12.0. The SMILES string of the molecule is [2H]c1c([2H])c([2H])c(-c2cc(C(C)(C)C)cc(-c3c([2H])c([2H])c([2H])c([2H])c3[2H])c2-n2[c](=[Pt])n(-c3[c-]c(Oc4[c-]c5c(cc4)-c4cc(C(C)(C)C)nn4B(CC(C)C)N5c4cc(C)ccn4)ccc3)c3ccccc32)c([2H])c1[2H]. The van der Waals surface area contributed by atoms with E-state index in [1.54, 1.807) is 12.1 Å². The summed E-state index contributed by atoms with van der Waals surface area (Å²) in [4.78, 5) is 7.10. The van der Waals surface area contributed by atoms with E-state index >= 15 is 0 Å². The molecule has 0 unspecified atom stereocenters. The third-order valence-corrected chi connectivity index (χ3v) is 13.0. The quantitative estimate of drug-likeness (QED) is 0.107. The Kier molecular flexibility index (Phi) is 8.75. The first-order valence-corrected chi connectivity index (χ1v) is 23.5. The van der Waals surface area contributed by atoms with Gasteiger partial charge in [0.05, 0.1) is 5.69 Å². The fraction of sp³-hybridized carbons (Fsp3) is 0.224. The Labute approximate surface area is 420 Å². The Morgan fingerprint density at radius 1 is 0.716 bits per heavy atom. The number of ether oxygens (including phenoxy) is 1. The standard InChI is InChI=1S/C58H55BN6O.Pt/c1-39(2)37-59-64(55-31-40(3)29-30-60-55)52-35-46(27-28-47(52)53-36-54(58(7,8)9)61-65(53)59)66-45-24-18-23-44(34-45)62-38-63(51-26-17-16-25-50(51)62)56-48(41-19-12-10-13-20-41)32-43(57(4,5)6)33-49(56)42-21-14-11-15-22-42;/h10-33,36,39H,37H2,1-9H3;/q-2;/i10D,11D,12D,13D,14D,15D,19D,20D,21D,22D;. The van der Waals surface area contributed by atoms with Crippen molar-refractivity contribution < 1.29 is 37.8 Å². The minimum atomic E-state index is -0.635. The van der Waals surface area contributed by atoms with Crippen molar-refractivity contribution in [3.8, 4) is 56.4 Å². The van der Waals surface area contributed by atoms with Gasteiger partial charge in [-0.3, -0.25) is 0 Å². The summed E-state index contributed by atoms with van der Waals surface area (Å²) < 4.78 is 103. The van der Waals surface area contributed by atoms with Crippen molar-refractivity contribution in [2.75, 3.05) is 4.81 Å². The topological polar surface area (TPSA) is 53.0 Å². The number of fused-ring (bicyclic) bond motifs is 4. The summed E-state index contributed by atoms with van der Waals surface area (Å²) in [5.74, 6) is 1.89. The van der Waals surface area contributed by atoms with Crippen molar-refractivity contribution in [3.05, 3.63) is 184 Å². The van der Waals surface area contributed by atoms with Crippen LogP contribution in [-0.4, -0.2) is 30.8 Å². The van der Waals surface area contributed by atoms with Crippen LogP contribution < -0.4 is 9.55 Å². The molecule has 0 aliphatic carbocycles. The third kappa shape index (κ3) is 8.35. The molecule has 1 aliphatic heterocycles. The molecule has 0 amide bonds. The summed E-state index contributed by atoms with van der Waals surface area (Å²) in [6.45, 7) is 18.6. The maximum atomic E-state index is 9.31. The second-order valence-corrected chi connectivity index (χ2v) is 20.5. The molecule has 0 fully saturated rings. The second kappa shape index (κ2) is 17.3. The zero-order valence-electron chi connectivity index (χ0n) is 48.9. The van der Waals surface area contributed by atoms with E-state index in [1.165, 1.54) is 0 Å². The van der Waals surface area contributed by atoms with Gasteiger partial charge in [-0.15, -0.1) is 0 Å². The van der Waals surface area contributed by atoms with Crippen LogP contribution in [0.4, 0.5) is 11.5 Å². The Morgan fingerprint density at radius 2 is 1.36 bits per heavy atom. The van der Waals surface area contributed by atoms with Gasteiger partial charge >= 0.3 is 341 Å². The van der Waals surface area contributed by atoms with Crippen LogP contribution in [0.5, 0.6) is 11.5 Å².